The minimum absolute atomic E-state index is 0.0716. The Morgan fingerprint density at radius 1 is 1.11 bits per heavy atom. The zero-order chi connectivity index (χ0) is 19.3. The Morgan fingerprint density at radius 3 is 2.61 bits per heavy atom. The fourth-order valence-corrected chi connectivity index (χ4v) is 4.00. The maximum absolute atomic E-state index is 12.3. The highest BCUT2D eigenvalue weighted by atomic mass is 16.5. The molecule has 2 aromatic rings. The van der Waals surface area contributed by atoms with Crippen LogP contribution in [0.1, 0.15) is 51.0 Å². The summed E-state index contributed by atoms with van der Waals surface area (Å²) in [5.41, 5.74) is 0.871. The van der Waals surface area contributed by atoms with Crippen molar-refractivity contribution in [2.45, 2.75) is 51.0 Å². The van der Waals surface area contributed by atoms with E-state index in [9.17, 15) is 9.59 Å². The molecular weight excluding hydrogens is 356 g/mol. The fourth-order valence-electron chi connectivity index (χ4n) is 4.00. The van der Waals surface area contributed by atoms with Crippen molar-refractivity contribution in [2.75, 3.05) is 23.4 Å². The molecule has 2 fully saturated rings. The van der Waals surface area contributed by atoms with Gasteiger partial charge < -0.3 is 15.0 Å². The quantitative estimate of drug-likeness (QED) is 0.829. The number of ether oxygens (including phenoxy) is 1. The molecule has 2 amide bonds. The molecule has 7 nitrogen and oxygen atoms in total. The van der Waals surface area contributed by atoms with E-state index in [1.165, 1.54) is 19.3 Å². The molecule has 28 heavy (non-hydrogen) atoms. The van der Waals surface area contributed by atoms with Crippen LogP contribution in [0.5, 0.6) is 5.75 Å². The van der Waals surface area contributed by atoms with E-state index in [4.69, 9.17) is 4.74 Å². The van der Waals surface area contributed by atoms with E-state index >= 15 is 0 Å². The molecule has 1 aliphatic heterocycles. The Balaban J connectivity index is 1.30. The van der Waals surface area contributed by atoms with Gasteiger partial charge in [-0.2, -0.15) is 5.10 Å². The number of hydrogen-bond donors (Lipinski definition) is 1. The zero-order valence-electron chi connectivity index (χ0n) is 16.0. The van der Waals surface area contributed by atoms with Crippen LogP contribution in [0.25, 0.3) is 0 Å². The number of carbonyl (C=O) groups is 2. The van der Waals surface area contributed by atoms with Crippen molar-refractivity contribution in [1.29, 1.82) is 0 Å². The molecule has 1 saturated carbocycles. The van der Waals surface area contributed by atoms with Gasteiger partial charge in [-0.3, -0.25) is 9.59 Å². The molecule has 2 heterocycles. The topological polar surface area (TPSA) is 76.5 Å². The molecule has 1 N–H and O–H groups in total. The minimum Gasteiger partial charge on any atom is -0.484 e. The van der Waals surface area contributed by atoms with Crippen molar-refractivity contribution >= 4 is 23.3 Å². The van der Waals surface area contributed by atoms with Gasteiger partial charge in [0.25, 0.3) is 5.91 Å². The van der Waals surface area contributed by atoms with Crippen LogP contribution in [0.4, 0.5) is 11.5 Å². The monoisotopic (exact) mass is 382 g/mol. The number of nitrogens with one attached hydrogen (secondary N) is 1. The number of anilines is 2. The Hall–Kier alpha value is -2.83. The third kappa shape index (κ3) is 4.18. The third-order valence-corrected chi connectivity index (χ3v) is 5.45. The molecule has 0 radical (unpaired) electrons. The number of benzene rings is 1. The SMILES string of the molecule is O=C(COc1ccc(N2CCCC2=O)cc1)Nc1ccnn1C1CCCCC1. The smallest absolute Gasteiger partial charge is 0.263 e. The van der Waals surface area contributed by atoms with Crippen molar-refractivity contribution in [2.24, 2.45) is 0 Å². The van der Waals surface area contributed by atoms with Crippen LogP contribution in [0.3, 0.4) is 0 Å². The molecular formula is C21H26N4O3. The van der Waals surface area contributed by atoms with Gasteiger partial charge in [-0.25, -0.2) is 4.68 Å². The highest BCUT2D eigenvalue weighted by molar-refractivity contribution is 5.95. The Kier molecular flexibility index (Phi) is 5.60. The molecule has 0 bridgehead atoms. The summed E-state index contributed by atoms with van der Waals surface area (Å²) in [6.45, 7) is 0.688. The standard InChI is InChI=1S/C21H26N4O3/c26-20(23-19-12-13-22-25(19)17-5-2-1-3-6-17)15-28-18-10-8-16(9-11-18)24-14-4-7-21(24)27/h8-13,17H,1-7,14-15H2,(H,23,26). The average molecular weight is 382 g/mol. The van der Waals surface area contributed by atoms with E-state index in [2.05, 4.69) is 10.4 Å². The first kappa shape index (κ1) is 18.5. The van der Waals surface area contributed by atoms with Crippen molar-refractivity contribution in [3.05, 3.63) is 36.5 Å². The molecule has 0 unspecified atom stereocenters. The van der Waals surface area contributed by atoms with Crippen LogP contribution in [0.2, 0.25) is 0 Å². The molecule has 1 aliphatic carbocycles. The summed E-state index contributed by atoms with van der Waals surface area (Å²) in [6.07, 6.45) is 9.13. The molecule has 4 rings (SSSR count). The van der Waals surface area contributed by atoms with Crippen LogP contribution in [0.15, 0.2) is 36.5 Å². The van der Waals surface area contributed by atoms with Gasteiger partial charge in [0.2, 0.25) is 5.91 Å². The molecule has 1 saturated heterocycles. The van der Waals surface area contributed by atoms with E-state index in [0.717, 1.165) is 37.3 Å². The molecule has 7 heteroatoms. The Morgan fingerprint density at radius 2 is 1.89 bits per heavy atom. The molecule has 1 aromatic carbocycles. The van der Waals surface area contributed by atoms with Crippen LogP contribution >= 0.6 is 0 Å². The molecule has 1 aromatic heterocycles. The summed E-state index contributed by atoms with van der Waals surface area (Å²) in [4.78, 5) is 25.9. The summed E-state index contributed by atoms with van der Waals surface area (Å²) < 4.78 is 7.53. The summed E-state index contributed by atoms with van der Waals surface area (Å²) in [6, 6.07) is 9.49. The van der Waals surface area contributed by atoms with E-state index in [1.807, 2.05) is 22.9 Å². The average Bonchev–Trinajstić information content (AvgIpc) is 3.36. The van der Waals surface area contributed by atoms with Crippen LogP contribution in [-0.2, 0) is 9.59 Å². The van der Waals surface area contributed by atoms with Gasteiger partial charge in [0.15, 0.2) is 6.61 Å². The Labute approximate surface area is 164 Å². The first-order chi connectivity index (χ1) is 13.7. The van der Waals surface area contributed by atoms with Crippen molar-refractivity contribution < 1.29 is 14.3 Å². The van der Waals surface area contributed by atoms with Crippen molar-refractivity contribution in [1.82, 2.24) is 9.78 Å². The number of amides is 2. The summed E-state index contributed by atoms with van der Waals surface area (Å²) in [5, 5.41) is 7.30. The van der Waals surface area contributed by atoms with Crippen LogP contribution < -0.4 is 15.0 Å². The summed E-state index contributed by atoms with van der Waals surface area (Å²) in [5.74, 6) is 1.27. The van der Waals surface area contributed by atoms with E-state index in [0.29, 0.717) is 18.2 Å². The van der Waals surface area contributed by atoms with Crippen LogP contribution in [0, 0.1) is 0 Å². The first-order valence-electron chi connectivity index (χ1n) is 10.1. The maximum Gasteiger partial charge on any atom is 0.263 e. The number of nitrogens with zero attached hydrogens (tertiary/aromatic N) is 3. The predicted octanol–water partition coefficient (Wildman–Crippen LogP) is 3.53. The lowest BCUT2D eigenvalue weighted by molar-refractivity contribution is -0.118. The predicted molar refractivity (Wildman–Crippen MR) is 107 cm³/mol. The minimum atomic E-state index is -0.212. The second kappa shape index (κ2) is 8.46. The highest BCUT2D eigenvalue weighted by Crippen LogP contribution is 2.30. The number of carbonyl (C=O) groups excluding carboxylic acids is 2. The lowest BCUT2D eigenvalue weighted by Crippen LogP contribution is -2.24. The first-order valence-corrected chi connectivity index (χ1v) is 10.1. The van der Waals surface area contributed by atoms with Gasteiger partial charge in [0, 0.05) is 24.7 Å². The molecule has 148 valence electrons. The van der Waals surface area contributed by atoms with Gasteiger partial charge in [0.1, 0.15) is 11.6 Å². The largest absolute Gasteiger partial charge is 0.484 e. The van der Waals surface area contributed by atoms with Gasteiger partial charge in [0.05, 0.1) is 12.2 Å². The van der Waals surface area contributed by atoms with Gasteiger partial charge in [-0.1, -0.05) is 19.3 Å². The van der Waals surface area contributed by atoms with Gasteiger partial charge >= 0.3 is 0 Å². The highest BCUT2D eigenvalue weighted by Gasteiger charge is 2.22. The van der Waals surface area contributed by atoms with E-state index in [-0.39, 0.29) is 18.4 Å². The molecule has 0 atom stereocenters. The fraction of sp³-hybridized carbons (Fsp3) is 0.476. The second-order valence-electron chi connectivity index (χ2n) is 7.43. The van der Waals surface area contributed by atoms with Crippen LogP contribution in [-0.4, -0.2) is 34.7 Å². The lowest BCUT2D eigenvalue weighted by Gasteiger charge is -2.23. The second-order valence-corrected chi connectivity index (χ2v) is 7.43. The Bertz CT molecular complexity index is 824. The summed E-state index contributed by atoms with van der Waals surface area (Å²) in [7, 11) is 0. The number of hydrogen-bond acceptors (Lipinski definition) is 4. The molecule has 0 spiro atoms. The van der Waals surface area contributed by atoms with Gasteiger partial charge in [-0.05, 0) is 43.5 Å². The third-order valence-electron chi connectivity index (χ3n) is 5.45. The number of aromatic nitrogens is 2. The normalized spacial score (nSPS) is 17.7. The van der Waals surface area contributed by atoms with Crippen molar-refractivity contribution in [3.63, 3.8) is 0 Å². The summed E-state index contributed by atoms with van der Waals surface area (Å²) >= 11 is 0. The zero-order valence-corrected chi connectivity index (χ0v) is 16.0. The molecule has 2 aliphatic rings. The maximum atomic E-state index is 12.3. The lowest BCUT2D eigenvalue weighted by atomic mass is 9.96. The van der Waals surface area contributed by atoms with E-state index in [1.54, 1.807) is 23.2 Å². The van der Waals surface area contributed by atoms with Crippen molar-refractivity contribution in [3.8, 4) is 5.75 Å². The van der Waals surface area contributed by atoms with E-state index < -0.39 is 0 Å². The number of rotatable bonds is 6. The van der Waals surface area contributed by atoms with Gasteiger partial charge in [-0.15, -0.1) is 0 Å².